The van der Waals surface area contributed by atoms with E-state index in [-0.39, 0.29) is 12.0 Å². The Bertz CT molecular complexity index is 889. The number of ether oxygens (including phenoxy) is 1. The number of terminal acetylenes is 1. The summed E-state index contributed by atoms with van der Waals surface area (Å²) in [4.78, 5) is 23.4. The Labute approximate surface area is 178 Å². The third kappa shape index (κ3) is 4.80. The highest BCUT2D eigenvalue weighted by Crippen LogP contribution is 2.24. The van der Waals surface area contributed by atoms with Crippen molar-refractivity contribution < 1.29 is 9.53 Å². The molecule has 0 spiro atoms. The van der Waals surface area contributed by atoms with Gasteiger partial charge in [0.15, 0.2) is 0 Å². The number of likely N-dealkylation sites (tertiary alicyclic amines) is 1. The number of carbonyl (C=O) groups excluding carboxylic acids is 1. The van der Waals surface area contributed by atoms with E-state index in [1.165, 1.54) is 11.1 Å². The summed E-state index contributed by atoms with van der Waals surface area (Å²) in [7, 11) is 0. The van der Waals surface area contributed by atoms with Crippen LogP contribution in [0, 0.1) is 18.3 Å². The van der Waals surface area contributed by atoms with E-state index in [0.29, 0.717) is 30.1 Å². The molecule has 1 aliphatic carbocycles. The molecule has 1 N–H and O–H groups in total. The van der Waals surface area contributed by atoms with Gasteiger partial charge in [-0.25, -0.2) is 9.97 Å². The molecule has 156 valence electrons. The number of benzene rings is 1. The first-order valence-electron chi connectivity index (χ1n) is 10.6. The molecule has 1 unspecified atom stereocenters. The fourth-order valence-electron chi connectivity index (χ4n) is 4.17. The molecule has 1 aromatic carbocycles. The lowest BCUT2D eigenvalue weighted by molar-refractivity contribution is 0.0413. The maximum Gasteiger partial charge on any atom is 0.256 e. The van der Waals surface area contributed by atoms with Crippen molar-refractivity contribution in [3.8, 4) is 12.3 Å². The molecular weight excluding hydrogens is 376 g/mol. The Balaban J connectivity index is 1.26. The summed E-state index contributed by atoms with van der Waals surface area (Å²) in [5.41, 5.74) is 3.29. The molecule has 1 saturated heterocycles. The summed E-state index contributed by atoms with van der Waals surface area (Å²) in [6.45, 7) is 3.97. The molecule has 6 heteroatoms. The Kier molecular flexibility index (Phi) is 6.29. The average Bonchev–Trinajstić information content (AvgIpc) is 3.20. The minimum Gasteiger partial charge on any atom is -0.366 e. The predicted molar refractivity (Wildman–Crippen MR) is 116 cm³/mol. The molecular formula is C24H28N4O2. The predicted octanol–water partition coefficient (Wildman–Crippen LogP) is 2.95. The van der Waals surface area contributed by atoms with Crippen molar-refractivity contribution >= 4 is 11.9 Å². The fraction of sp³-hybridized carbons (Fsp3) is 0.458. The number of piperidine rings is 1. The van der Waals surface area contributed by atoms with Gasteiger partial charge in [0.1, 0.15) is 6.10 Å². The third-order valence-corrected chi connectivity index (χ3v) is 6.00. The molecule has 1 amide bonds. The lowest BCUT2D eigenvalue weighted by Crippen LogP contribution is -2.39. The molecule has 0 bridgehead atoms. The van der Waals surface area contributed by atoms with E-state index in [1.807, 2.05) is 11.8 Å². The number of hydrogen-bond acceptors (Lipinski definition) is 5. The summed E-state index contributed by atoms with van der Waals surface area (Å²) >= 11 is 0. The summed E-state index contributed by atoms with van der Waals surface area (Å²) in [6, 6.07) is 8.79. The Hall–Kier alpha value is -2.91. The lowest BCUT2D eigenvalue weighted by Gasteiger charge is -2.32. The van der Waals surface area contributed by atoms with E-state index in [4.69, 9.17) is 11.2 Å². The number of nitrogens with zero attached hydrogens (tertiary/aromatic N) is 3. The molecule has 2 aliphatic rings. The molecule has 6 nitrogen and oxygen atoms in total. The number of fused-ring (bicyclic) bond motifs is 1. The topological polar surface area (TPSA) is 67.3 Å². The highest BCUT2D eigenvalue weighted by molar-refractivity contribution is 5.93. The van der Waals surface area contributed by atoms with E-state index in [2.05, 4.69) is 45.5 Å². The maximum atomic E-state index is 12.8. The molecule has 2 aromatic rings. The Morgan fingerprint density at radius 2 is 1.87 bits per heavy atom. The van der Waals surface area contributed by atoms with Crippen molar-refractivity contribution in [2.24, 2.45) is 5.92 Å². The van der Waals surface area contributed by atoms with Gasteiger partial charge in [0, 0.05) is 31.5 Å². The molecule has 30 heavy (non-hydrogen) atoms. The SMILES string of the molecule is C#CC(C)OCC1CCN(C(=O)c2cnc(NC3Cc4ccccc4C3)nc2)CC1. The van der Waals surface area contributed by atoms with Gasteiger partial charge < -0.3 is 15.0 Å². The summed E-state index contributed by atoms with van der Waals surface area (Å²) in [5.74, 6) is 3.59. The largest absolute Gasteiger partial charge is 0.366 e. The first-order valence-corrected chi connectivity index (χ1v) is 10.6. The van der Waals surface area contributed by atoms with Crippen LogP contribution in [0.15, 0.2) is 36.7 Å². The third-order valence-electron chi connectivity index (χ3n) is 6.00. The van der Waals surface area contributed by atoms with Crippen LogP contribution < -0.4 is 5.32 Å². The maximum absolute atomic E-state index is 12.8. The number of aromatic nitrogens is 2. The van der Waals surface area contributed by atoms with Crippen LogP contribution in [0.25, 0.3) is 0 Å². The number of hydrogen-bond donors (Lipinski definition) is 1. The highest BCUT2D eigenvalue weighted by Gasteiger charge is 2.25. The van der Waals surface area contributed by atoms with Gasteiger partial charge in [0.25, 0.3) is 5.91 Å². The molecule has 1 atom stereocenters. The zero-order valence-electron chi connectivity index (χ0n) is 17.4. The van der Waals surface area contributed by atoms with Gasteiger partial charge in [0.2, 0.25) is 5.95 Å². The highest BCUT2D eigenvalue weighted by atomic mass is 16.5. The van der Waals surface area contributed by atoms with Crippen molar-refractivity contribution in [3.63, 3.8) is 0 Å². The van der Waals surface area contributed by atoms with Crippen LogP contribution in [0.1, 0.15) is 41.3 Å². The second-order valence-corrected chi connectivity index (χ2v) is 8.19. The van der Waals surface area contributed by atoms with Crippen molar-refractivity contribution in [3.05, 3.63) is 53.3 Å². The van der Waals surface area contributed by atoms with Crippen LogP contribution >= 0.6 is 0 Å². The second kappa shape index (κ2) is 9.27. The number of amides is 1. The minimum atomic E-state index is -0.160. The quantitative estimate of drug-likeness (QED) is 0.750. The van der Waals surface area contributed by atoms with E-state index in [1.54, 1.807) is 12.4 Å². The van der Waals surface area contributed by atoms with Gasteiger partial charge in [-0.3, -0.25) is 4.79 Å². The van der Waals surface area contributed by atoms with E-state index in [9.17, 15) is 4.79 Å². The Morgan fingerprint density at radius 1 is 1.23 bits per heavy atom. The molecule has 1 fully saturated rings. The number of nitrogens with one attached hydrogen (secondary N) is 1. The van der Waals surface area contributed by atoms with E-state index >= 15 is 0 Å². The number of carbonyl (C=O) groups is 1. The molecule has 0 radical (unpaired) electrons. The summed E-state index contributed by atoms with van der Waals surface area (Å²) < 4.78 is 5.63. The monoisotopic (exact) mass is 404 g/mol. The Morgan fingerprint density at radius 3 is 2.47 bits per heavy atom. The van der Waals surface area contributed by atoms with E-state index in [0.717, 1.165) is 38.8 Å². The van der Waals surface area contributed by atoms with Gasteiger partial charge >= 0.3 is 0 Å². The van der Waals surface area contributed by atoms with Crippen molar-refractivity contribution in [2.75, 3.05) is 25.0 Å². The van der Waals surface area contributed by atoms with Crippen LogP contribution in [0.2, 0.25) is 0 Å². The van der Waals surface area contributed by atoms with Gasteiger partial charge in [-0.1, -0.05) is 30.2 Å². The van der Waals surface area contributed by atoms with Gasteiger partial charge in [0.05, 0.1) is 12.2 Å². The zero-order valence-corrected chi connectivity index (χ0v) is 17.4. The molecule has 0 saturated carbocycles. The van der Waals surface area contributed by atoms with Crippen molar-refractivity contribution in [2.45, 2.75) is 44.8 Å². The van der Waals surface area contributed by atoms with Crippen molar-refractivity contribution in [1.82, 2.24) is 14.9 Å². The van der Waals surface area contributed by atoms with E-state index < -0.39 is 0 Å². The van der Waals surface area contributed by atoms with Crippen LogP contribution in [0.4, 0.5) is 5.95 Å². The minimum absolute atomic E-state index is 0.00816. The van der Waals surface area contributed by atoms with Crippen LogP contribution in [0.3, 0.4) is 0 Å². The number of anilines is 1. The molecule has 4 rings (SSSR count). The second-order valence-electron chi connectivity index (χ2n) is 8.19. The summed E-state index contributed by atoms with van der Waals surface area (Å²) in [5, 5.41) is 3.39. The van der Waals surface area contributed by atoms with Crippen LogP contribution in [-0.2, 0) is 17.6 Å². The van der Waals surface area contributed by atoms with Gasteiger partial charge in [-0.15, -0.1) is 6.42 Å². The van der Waals surface area contributed by atoms with Crippen LogP contribution in [-0.4, -0.2) is 52.6 Å². The average molecular weight is 405 g/mol. The molecule has 1 aromatic heterocycles. The van der Waals surface area contributed by atoms with Crippen LogP contribution in [0.5, 0.6) is 0 Å². The first kappa shape index (κ1) is 20.4. The fourth-order valence-corrected chi connectivity index (χ4v) is 4.17. The smallest absolute Gasteiger partial charge is 0.256 e. The van der Waals surface area contributed by atoms with Gasteiger partial charge in [-0.05, 0) is 49.7 Å². The molecule has 2 heterocycles. The lowest BCUT2D eigenvalue weighted by atomic mass is 9.97. The standard InChI is InChI=1S/C24H28N4O2/c1-3-17(2)30-16-18-8-10-28(11-9-18)23(29)21-14-25-24(26-15-21)27-22-12-19-6-4-5-7-20(19)13-22/h1,4-7,14-15,17-18,22H,8-13,16H2,2H3,(H,25,26,27). The van der Waals surface area contributed by atoms with Gasteiger partial charge in [-0.2, -0.15) is 0 Å². The van der Waals surface area contributed by atoms with Crippen molar-refractivity contribution in [1.29, 1.82) is 0 Å². The number of rotatable bonds is 6. The molecule has 1 aliphatic heterocycles. The zero-order chi connectivity index (χ0) is 20.9. The summed E-state index contributed by atoms with van der Waals surface area (Å²) in [6.07, 6.45) is 12.2. The normalized spacial score (nSPS) is 17.9. The first-order chi connectivity index (χ1) is 14.6.